The van der Waals surface area contributed by atoms with Crippen molar-refractivity contribution in [3.8, 4) is 0 Å². The summed E-state index contributed by atoms with van der Waals surface area (Å²) in [5.74, 6) is 3.71. The summed E-state index contributed by atoms with van der Waals surface area (Å²) in [6, 6.07) is 0.772. The van der Waals surface area contributed by atoms with E-state index in [1.807, 2.05) is 12.2 Å². The summed E-state index contributed by atoms with van der Waals surface area (Å²) in [7, 11) is 2.35. The van der Waals surface area contributed by atoms with Crippen molar-refractivity contribution in [1.29, 1.82) is 0 Å². The van der Waals surface area contributed by atoms with E-state index in [-0.39, 0.29) is 11.2 Å². The summed E-state index contributed by atoms with van der Waals surface area (Å²) in [6.07, 6.45) is 14.3. The number of carbonyl (C=O) groups excluding carboxylic acids is 1. The van der Waals surface area contributed by atoms with Crippen LogP contribution in [0, 0.1) is 34.5 Å². The van der Waals surface area contributed by atoms with Crippen LogP contribution < -0.4 is 0 Å². The van der Waals surface area contributed by atoms with Gasteiger partial charge in [-0.1, -0.05) is 18.6 Å². The maximum absolute atomic E-state index is 11.9. The Kier molecular flexibility index (Phi) is 3.10. The normalized spacial score (nSPS) is 53.2. The molecule has 5 rings (SSSR count). The van der Waals surface area contributed by atoms with Crippen LogP contribution in [0.1, 0.15) is 52.4 Å². The zero-order valence-corrected chi connectivity index (χ0v) is 15.4. The molecule has 0 N–H and O–H groups in total. The summed E-state index contributed by atoms with van der Waals surface area (Å²) >= 11 is 0. The first-order chi connectivity index (χ1) is 11.5. The van der Waals surface area contributed by atoms with Gasteiger partial charge in [-0.2, -0.15) is 0 Å². The molecule has 1 heterocycles. The topological polar surface area (TPSA) is 20.3 Å². The van der Waals surface area contributed by atoms with Crippen LogP contribution in [0.5, 0.6) is 0 Å². The maximum atomic E-state index is 11.9. The number of hydrogen-bond donors (Lipinski definition) is 0. The summed E-state index contributed by atoms with van der Waals surface area (Å²) < 4.78 is 0. The van der Waals surface area contributed by atoms with Crippen molar-refractivity contribution in [1.82, 2.24) is 4.90 Å². The highest BCUT2D eigenvalue weighted by Gasteiger charge is 2.63. The molecule has 1 saturated heterocycles. The molecule has 0 amide bonds. The van der Waals surface area contributed by atoms with Gasteiger partial charge in [0.05, 0.1) is 0 Å². The van der Waals surface area contributed by atoms with Crippen molar-refractivity contribution < 1.29 is 4.79 Å². The smallest absolute Gasteiger partial charge is 0.178 e. The molecule has 0 aromatic rings. The minimum Gasteiger partial charge on any atom is -0.303 e. The van der Waals surface area contributed by atoms with E-state index in [4.69, 9.17) is 0 Å². The van der Waals surface area contributed by atoms with Crippen LogP contribution in [-0.4, -0.2) is 30.3 Å². The average molecular weight is 325 g/mol. The minimum absolute atomic E-state index is 0.159. The molecule has 130 valence electrons. The van der Waals surface area contributed by atoms with E-state index in [2.05, 4.69) is 31.9 Å². The van der Waals surface area contributed by atoms with Gasteiger partial charge in [0.15, 0.2) is 5.78 Å². The van der Waals surface area contributed by atoms with Crippen LogP contribution in [0.15, 0.2) is 23.8 Å². The molecule has 5 aliphatic rings. The number of carbonyl (C=O) groups is 1. The molecule has 4 aliphatic carbocycles. The molecule has 0 aromatic carbocycles. The van der Waals surface area contributed by atoms with Crippen molar-refractivity contribution >= 4 is 5.78 Å². The third-order valence-electron chi connectivity index (χ3n) is 9.16. The molecular weight excluding hydrogens is 294 g/mol. The molecule has 0 bridgehead atoms. The van der Waals surface area contributed by atoms with Gasteiger partial charge >= 0.3 is 0 Å². The Balaban J connectivity index is 1.51. The van der Waals surface area contributed by atoms with Crippen molar-refractivity contribution in [2.75, 3.05) is 13.6 Å². The van der Waals surface area contributed by atoms with Gasteiger partial charge in [0.1, 0.15) is 0 Å². The maximum Gasteiger partial charge on any atom is 0.178 e. The Bertz CT molecular complexity index is 648. The van der Waals surface area contributed by atoms with E-state index in [1.54, 1.807) is 0 Å². The number of allylic oxidation sites excluding steroid dienone is 4. The summed E-state index contributed by atoms with van der Waals surface area (Å²) in [4.78, 5) is 14.5. The molecule has 7 atom stereocenters. The highest BCUT2D eigenvalue weighted by atomic mass is 16.1. The second kappa shape index (κ2) is 4.84. The average Bonchev–Trinajstić information content (AvgIpc) is 3.03. The van der Waals surface area contributed by atoms with Gasteiger partial charge in [-0.05, 0) is 93.7 Å². The van der Waals surface area contributed by atoms with Crippen molar-refractivity contribution in [3.63, 3.8) is 0 Å². The second-order valence-corrected chi connectivity index (χ2v) is 9.71. The fourth-order valence-corrected chi connectivity index (χ4v) is 8.00. The molecule has 2 nitrogen and oxygen atoms in total. The Labute approximate surface area is 146 Å². The summed E-state index contributed by atoms with van der Waals surface area (Å²) in [5, 5.41) is 0. The second-order valence-electron chi connectivity index (χ2n) is 9.71. The molecule has 3 saturated carbocycles. The largest absolute Gasteiger partial charge is 0.303 e. The van der Waals surface area contributed by atoms with Crippen LogP contribution in [0.3, 0.4) is 0 Å². The van der Waals surface area contributed by atoms with Crippen LogP contribution >= 0.6 is 0 Å². The Morgan fingerprint density at radius 2 is 1.92 bits per heavy atom. The predicted octanol–water partition coefficient (Wildman–Crippen LogP) is 4.22. The van der Waals surface area contributed by atoms with E-state index in [0.717, 1.165) is 36.1 Å². The summed E-state index contributed by atoms with van der Waals surface area (Å²) in [5.41, 5.74) is 2.20. The van der Waals surface area contributed by atoms with E-state index in [9.17, 15) is 4.79 Å². The zero-order chi connectivity index (χ0) is 16.7. The van der Waals surface area contributed by atoms with Crippen LogP contribution in [0.2, 0.25) is 0 Å². The zero-order valence-electron chi connectivity index (χ0n) is 15.4. The van der Waals surface area contributed by atoms with Gasteiger partial charge in [0.25, 0.3) is 0 Å². The van der Waals surface area contributed by atoms with Gasteiger partial charge in [-0.15, -0.1) is 0 Å². The molecule has 1 aliphatic heterocycles. The molecule has 4 fully saturated rings. The van der Waals surface area contributed by atoms with Crippen molar-refractivity contribution in [3.05, 3.63) is 23.8 Å². The van der Waals surface area contributed by atoms with Crippen LogP contribution in [0.4, 0.5) is 0 Å². The fraction of sp³-hybridized carbons (Fsp3) is 0.773. The van der Waals surface area contributed by atoms with E-state index >= 15 is 0 Å². The lowest BCUT2D eigenvalue weighted by atomic mass is 9.47. The lowest BCUT2D eigenvalue weighted by Gasteiger charge is -2.57. The van der Waals surface area contributed by atoms with Gasteiger partial charge in [0, 0.05) is 18.0 Å². The van der Waals surface area contributed by atoms with E-state index < -0.39 is 0 Å². The highest BCUT2D eigenvalue weighted by Crippen LogP contribution is 2.68. The SMILES string of the molecule is C[C@H]1[C@@H]2CC[C@H]3[C@@H]4CCC5=CC(=O)C=C[C@]5(C)[C@H]4CC[C@@]32CN1C. The van der Waals surface area contributed by atoms with Crippen molar-refractivity contribution in [2.24, 2.45) is 34.5 Å². The Hall–Kier alpha value is -0.890. The number of fused-ring (bicyclic) bond motifs is 4. The third kappa shape index (κ3) is 1.74. The third-order valence-corrected chi connectivity index (χ3v) is 9.16. The van der Waals surface area contributed by atoms with Gasteiger partial charge in [-0.3, -0.25) is 4.79 Å². The molecule has 0 unspecified atom stereocenters. The number of rotatable bonds is 0. The molecular formula is C22H31NO. The molecule has 24 heavy (non-hydrogen) atoms. The quantitative estimate of drug-likeness (QED) is 0.664. The first-order valence-corrected chi connectivity index (χ1v) is 10.1. The first-order valence-electron chi connectivity index (χ1n) is 10.1. The standard InChI is InChI=1S/C22H31NO/c1-14-18-6-7-20-17-5-4-15-12-16(24)8-10-21(15,2)19(17)9-11-22(18,20)13-23(14)3/h8,10,12,14,17-20H,4-7,9,11,13H2,1-3H3/t14-,17+,18-,19-,20-,21-,22-/m0/s1. The molecule has 2 heteroatoms. The molecule has 0 aromatic heterocycles. The van der Waals surface area contributed by atoms with Crippen LogP contribution in [-0.2, 0) is 4.79 Å². The fourth-order valence-electron chi connectivity index (χ4n) is 8.00. The van der Waals surface area contributed by atoms with E-state index in [0.29, 0.717) is 5.41 Å². The van der Waals surface area contributed by atoms with Gasteiger partial charge in [-0.25, -0.2) is 0 Å². The highest BCUT2D eigenvalue weighted by molar-refractivity contribution is 6.01. The molecule has 1 spiro atoms. The molecule has 0 radical (unpaired) electrons. The number of nitrogens with zero attached hydrogens (tertiary/aromatic N) is 1. The number of hydrogen-bond acceptors (Lipinski definition) is 2. The summed E-state index contributed by atoms with van der Waals surface area (Å²) in [6.45, 7) is 6.22. The van der Waals surface area contributed by atoms with E-state index in [1.165, 1.54) is 44.2 Å². The predicted molar refractivity (Wildman–Crippen MR) is 96.5 cm³/mol. The lowest BCUT2D eigenvalue weighted by Crippen LogP contribution is -2.51. The van der Waals surface area contributed by atoms with Crippen LogP contribution in [0.25, 0.3) is 0 Å². The van der Waals surface area contributed by atoms with Gasteiger partial charge in [0.2, 0.25) is 0 Å². The lowest BCUT2D eigenvalue weighted by molar-refractivity contribution is -0.111. The van der Waals surface area contributed by atoms with Crippen molar-refractivity contribution in [2.45, 2.75) is 58.4 Å². The van der Waals surface area contributed by atoms with Gasteiger partial charge < -0.3 is 4.90 Å². The first kappa shape index (κ1) is 15.4. The Morgan fingerprint density at radius 3 is 2.75 bits per heavy atom. The monoisotopic (exact) mass is 325 g/mol. The minimum atomic E-state index is 0.159. The number of likely N-dealkylation sites (tertiary alicyclic amines) is 1. The Morgan fingerprint density at radius 1 is 1.12 bits per heavy atom. The number of ketones is 1.